The van der Waals surface area contributed by atoms with Crippen LogP contribution in [0.5, 0.6) is 5.75 Å². The zero-order valence-electron chi connectivity index (χ0n) is 14.5. The Hall–Kier alpha value is -2.90. The summed E-state index contributed by atoms with van der Waals surface area (Å²) in [6, 6.07) is 7.08. The summed E-state index contributed by atoms with van der Waals surface area (Å²) in [7, 11) is 0. The molecule has 0 spiro atoms. The molecule has 8 heteroatoms. The first-order valence-electron chi connectivity index (χ1n) is 8.31. The molecule has 1 aliphatic heterocycles. The highest BCUT2D eigenvalue weighted by Gasteiger charge is 2.36. The fourth-order valence-electron chi connectivity index (χ4n) is 2.82. The molecule has 2 heterocycles. The van der Waals surface area contributed by atoms with Crippen molar-refractivity contribution in [1.82, 2.24) is 20.2 Å². The molecular weight excluding hydrogens is 322 g/mol. The number of fused-ring (bicyclic) bond motifs is 1. The van der Waals surface area contributed by atoms with Crippen molar-refractivity contribution in [3.8, 4) is 5.75 Å². The Bertz CT molecular complexity index is 799. The molecule has 0 aliphatic carbocycles. The quantitative estimate of drug-likeness (QED) is 0.805. The van der Waals surface area contributed by atoms with E-state index in [0.717, 1.165) is 12.0 Å². The molecule has 2 aromatic rings. The van der Waals surface area contributed by atoms with Gasteiger partial charge in [0.05, 0.1) is 18.8 Å². The third-order valence-electron chi connectivity index (χ3n) is 3.88. The predicted molar refractivity (Wildman–Crippen MR) is 91.1 cm³/mol. The summed E-state index contributed by atoms with van der Waals surface area (Å²) in [5.41, 5.74) is 1.94. The minimum atomic E-state index is -0.515. The largest absolute Gasteiger partial charge is 0.493 e. The molecule has 0 bridgehead atoms. The average Bonchev–Trinajstić information content (AvgIpc) is 3.07. The normalized spacial score (nSPS) is 16.2. The smallest absolute Gasteiger partial charge is 0.338 e. The van der Waals surface area contributed by atoms with Gasteiger partial charge in [-0.25, -0.2) is 4.79 Å². The van der Waals surface area contributed by atoms with Gasteiger partial charge in [-0.1, -0.05) is 30.2 Å². The molecule has 0 unspecified atom stereocenters. The number of aromatic nitrogens is 4. The highest BCUT2D eigenvalue weighted by atomic mass is 16.5. The zero-order valence-corrected chi connectivity index (χ0v) is 14.5. The number of allylic oxidation sites excluding steroid dienone is 1. The van der Waals surface area contributed by atoms with Crippen LogP contribution in [0.4, 0.5) is 5.95 Å². The summed E-state index contributed by atoms with van der Waals surface area (Å²) in [5.74, 6) is 0.775. The van der Waals surface area contributed by atoms with E-state index in [2.05, 4.69) is 20.8 Å². The number of hydrogen-bond donors (Lipinski definition) is 1. The number of esters is 1. The lowest BCUT2D eigenvalue weighted by Crippen LogP contribution is -2.30. The predicted octanol–water partition coefficient (Wildman–Crippen LogP) is 2.31. The lowest BCUT2D eigenvalue weighted by Gasteiger charge is -2.28. The number of tetrazole rings is 1. The first kappa shape index (κ1) is 16.9. The molecule has 0 saturated heterocycles. The van der Waals surface area contributed by atoms with Crippen LogP contribution < -0.4 is 10.1 Å². The Labute approximate surface area is 145 Å². The molecule has 132 valence electrons. The van der Waals surface area contributed by atoms with Crippen LogP contribution in [0.25, 0.3) is 0 Å². The topological polar surface area (TPSA) is 91.2 Å². The summed E-state index contributed by atoms with van der Waals surface area (Å²) in [6.07, 6.45) is 0.885. The van der Waals surface area contributed by atoms with E-state index in [1.165, 1.54) is 0 Å². The lowest BCUT2D eigenvalue weighted by molar-refractivity contribution is -0.139. The molecule has 0 amide bonds. The number of nitrogens with one attached hydrogen (secondary N) is 1. The van der Waals surface area contributed by atoms with Gasteiger partial charge < -0.3 is 14.8 Å². The van der Waals surface area contributed by atoms with Crippen LogP contribution in [-0.2, 0) is 9.53 Å². The molecule has 0 fully saturated rings. The van der Waals surface area contributed by atoms with Crippen molar-refractivity contribution in [3.63, 3.8) is 0 Å². The Morgan fingerprint density at radius 3 is 2.88 bits per heavy atom. The lowest BCUT2D eigenvalue weighted by atomic mass is 9.95. The second-order valence-electron chi connectivity index (χ2n) is 5.62. The van der Waals surface area contributed by atoms with Crippen molar-refractivity contribution >= 4 is 11.9 Å². The van der Waals surface area contributed by atoms with Gasteiger partial charge in [-0.05, 0) is 36.8 Å². The van der Waals surface area contributed by atoms with Crippen LogP contribution in [0, 0.1) is 0 Å². The van der Waals surface area contributed by atoms with Crippen molar-refractivity contribution in [1.29, 1.82) is 0 Å². The average molecular weight is 343 g/mol. The number of hydrogen-bond acceptors (Lipinski definition) is 7. The van der Waals surface area contributed by atoms with Crippen LogP contribution in [0.2, 0.25) is 0 Å². The maximum absolute atomic E-state index is 12.6. The number of carbonyl (C=O) groups is 1. The van der Waals surface area contributed by atoms with Gasteiger partial charge in [0.1, 0.15) is 11.8 Å². The van der Waals surface area contributed by atoms with E-state index < -0.39 is 12.0 Å². The van der Waals surface area contributed by atoms with Crippen LogP contribution in [0.1, 0.15) is 38.8 Å². The van der Waals surface area contributed by atoms with Gasteiger partial charge in [0, 0.05) is 11.3 Å². The Morgan fingerprint density at radius 1 is 1.32 bits per heavy atom. The van der Waals surface area contributed by atoms with Gasteiger partial charge in [-0.3, -0.25) is 0 Å². The molecule has 25 heavy (non-hydrogen) atoms. The molecule has 3 rings (SSSR count). The monoisotopic (exact) mass is 343 g/mol. The van der Waals surface area contributed by atoms with Gasteiger partial charge in [0.15, 0.2) is 0 Å². The maximum atomic E-state index is 12.6. The molecule has 8 nitrogen and oxygen atoms in total. The van der Waals surface area contributed by atoms with E-state index in [0.29, 0.717) is 36.2 Å². The van der Waals surface area contributed by atoms with Crippen molar-refractivity contribution in [2.75, 3.05) is 18.5 Å². The number of carbonyl (C=O) groups excluding carboxylic acids is 1. The van der Waals surface area contributed by atoms with Crippen LogP contribution in [0.15, 0.2) is 35.5 Å². The van der Waals surface area contributed by atoms with Gasteiger partial charge in [0.2, 0.25) is 5.95 Å². The second kappa shape index (κ2) is 7.33. The van der Waals surface area contributed by atoms with Crippen molar-refractivity contribution in [3.05, 3.63) is 41.1 Å². The summed E-state index contributed by atoms with van der Waals surface area (Å²) >= 11 is 0. The van der Waals surface area contributed by atoms with Crippen LogP contribution >= 0.6 is 0 Å². The summed E-state index contributed by atoms with van der Waals surface area (Å²) in [5, 5.41) is 14.8. The van der Waals surface area contributed by atoms with Gasteiger partial charge in [-0.2, -0.15) is 4.68 Å². The zero-order chi connectivity index (χ0) is 17.8. The van der Waals surface area contributed by atoms with Crippen molar-refractivity contribution < 1.29 is 14.3 Å². The highest BCUT2D eigenvalue weighted by Crippen LogP contribution is 2.38. The van der Waals surface area contributed by atoms with Crippen LogP contribution in [0.3, 0.4) is 0 Å². The Morgan fingerprint density at radius 2 is 2.12 bits per heavy atom. The minimum absolute atomic E-state index is 0.290. The molecule has 0 saturated carbocycles. The number of benzene rings is 1. The number of anilines is 1. The number of para-hydroxylation sites is 1. The molecule has 1 N–H and O–H groups in total. The van der Waals surface area contributed by atoms with Gasteiger partial charge in [-0.15, -0.1) is 0 Å². The highest BCUT2D eigenvalue weighted by molar-refractivity contribution is 5.92. The number of nitrogens with zero attached hydrogens (tertiary/aromatic N) is 4. The Balaban J connectivity index is 2.12. The summed E-state index contributed by atoms with van der Waals surface area (Å²) in [6.45, 7) is 6.51. The molecule has 1 atom stereocenters. The van der Waals surface area contributed by atoms with E-state index in [9.17, 15) is 4.79 Å². The maximum Gasteiger partial charge on any atom is 0.338 e. The second-order valence-corrected chi connectivity index (χ2v) is 5.62. The van der Waals surface area contributed by atoms with Gasteiger partial charge >= 0.3 is 5.97 Å². The molecule has 1 aromatic carbocycles. The van der Waals surface area contributed by atoms with E-state index in [1.807, 2.05) is 38.1 Å². The van der Waals surface area contributed by atoms with E-state index in [-0.39, 0.29) is 0 Å². The molecular formula is C17H21N5O3. The molecule has 1 aliphatic rings. The third kappa shape index (κ3) is 3.19. The molecule has 0 radical (unpaired) electrons. The number of ether oxygens (including phenoxy) is 2. The fraction of sp³-hybridized carbons (Fsp3) is 0.412. The van der Waals surface area contributed by atoms with Crippen LogP contribution in [-0.4, -0.2) is 39.4 Å². The van der Waals surface area contributed by atoms with E-state index in [1.54, 1.807) is 11.6 Å². The number of rotatable bonds is 6. The third-order valence-corrected chi connectivity index (χ3v) is 3.88. The van der Waals surface area contributed by atoms with Crippen molar-refractivity contribution in [2.24, 2.45) is 0 Å². The minimum Gasteiger partial charge on any atom is -0.493 e. The Kier molecular flexibility index (Phi) is 4.97. The fourth-order valence-corrected chi connectivity index (χ4v) is 2.82. The molecule has 1 aromatic heterocycles. The standard InChI is InChI=1S/C17H21N5O3/c1-4-10-25-13-9-7-6-8-12(13)15-14(16(23)24-5-2)11(3)18-17-19-20-21-22(15)17/h6-9,15H,4-5,10H2,1-3H3,(H,18,19,21)/t15-/m0/s1. The SMILES string of the molecule is CCCOc1ccccc1[C@H]1C(C(=O)OCC)=C(C)Nc2nnnn21. The van der Waals surface area contributed by atoms with E-state index in [4.69, 9.17) is 9.47 Å². The van der Waals surface area contributed by atoms with Gasteiger partial charge in [0.25, 0.3) is 0 Å². The van der Waals surface area contributed by atoms with E-state index >= 15 is 0 Å². The first-order chi connectivity index (χ1) is 12.2. The van der Waals surface area contributed by atoms with Crippen molar-refractivity contribution in [2.45, 2.75) is 33.2 Å². The first-order valence-corrected chi connectivity index (χ1v) is 8.31. The summed E-state index contributed by atoms with van der Waals surface area (Å²) < 4.78 is 12.7. The summed E-state index contributed by atoms with van der Waals surface area (Å²) in [4.78, 5) is 12.6.